The van der Waals surface area contributed by atoms with E-state index >= 15 is 0 Å². The van der Waals surface area contributed by atoms with Crippen LogP contribution in [0.3, 0.4) is 0 Å². The van der Waals surface area contributed by atoms with Gasteiger partial charge in [-0.3, -0.25) is 0 Å². The van der Waals surface area contributed by atoms with Crippen LogP contribution in [0.25, 0.3) is 0 Å². The molecule has 0 spiro atoms. The van der Waals surface area contributed by atoms with Crippen LogP contribution in [0.15, 0.2) is 36.4 Å². The minimum absolute atomic E-state index is 0.0784. The monoisotopic (exact) mass is 289 g/mol. The summed E-state index contributed by atoms with van der Waals surface area (Å²) in [5.41, 5.74) is -0.295. The molecule has 0 atom stereocenters. The van der Waals surface area contributed by atoms with Crippen molar-refractivity contribution in [1.29, 1.82) is 5.26 Å². The summed E-state index contributed by atoms with van der Waals surface area (Å²) in [7, 11) is 0. The molecular formula is C15H9F2NO3. The number of benzene rings is 2. The Labute approximate surface area is 118 Å². The summed E-state index contributed by atoms with van der Waals surface area (Å²) >= 11 is 0. The van der Waals surface area contributed by atoms with E-state index in [-0.39, 0.29) is 23.5 Å². The zero-order valence-corrected chi connectivity index (χ0v) is 10.6. The normalized spacial score (nSPS) is 9.95. The second-order valence-corrected chi connectivity index (χ2v) is 4.12. The number of nitriles is 1. The van der Waals surface area contributed by atoms with Crippen molar-refractivity contribution in [3.05, 3.63) is 64.7 Å². The average Bonchev–Trinajstić information content (AvgIpc) is 2.46. The van der Waals surface area contributed by atoms with Gasteiger partial charge in [0.2, 0.25) is 0 Å². The summed E-state index contributed by atoms with van der Waals surface area (Å²) in [5, 5.41) is 17.7. The highest BCUT2D eigenvalue weighted by molar-refractivity contribution is 5.91. The van der Waals surface area contributed by atoms with Crippen LogP contribution in [0.1, 0.15) is 21.5 Å². The summed E-state index contributed by atoms with van der Waals surface area (Å²) in [4.78, 5) is 11.0. The highest BCUT2D eigenvalue weighted by Crippen LogP contribution is 2.23. The second kappa shape index (κ2) is 6.01. The van der Waals surface area contributed by atoms with Crippen LogP contribution in [0.2, 0.25) is 0 Å². The third-order valence-corrected chi connectivity index (χ3v) is 2.75. The summed E-state index contributed by atoms with van der Waals surface area (Å²) in [5.74, 6) is -3.22. The molecule has 0 aromatic heterocycles. The first-order chi connectivity index (χ1) is 10.0. The minimum Gasteiger partial charge on any atom is -0.488 e. The van der Waals surface area contributed by atoms with Gasteiger partial charge < -0.3 is 9.84 Å². The zero-order chi connectivity index (χ0) is 15.4. The van der Waals surface area contributed by atoms with Gasteiger partial charge in [-0.2, -0.15) is 5.26 Å². The number of nitrogens with zero attached hydrogens (tertiary/aromatic N) is 1. The van der Waals surface area contributed by atoms with Gasteiger partial charge in [-0.1, -0.05) is 6.07 Å². The Morgan fingerprint density at radius 3 is 2.67 bits per heavy atom. The van der Waals surface area contributed by atoms with E-state index in [4.69, 9.17) is 15.1 Å². The van der Waals surface area contributed by atoms with Gasteiger partial charge in [0.1, 0.15) is 29.6 Å². The lowest BCUT2D eigenvalue weighted by atomic mass is 10.1. The molecule has 0 saturated heterocycles. The molecule has 0 radical (unpaired) electrons. The number of halogens is 2. The quantitative estimate of drug-likeness (QED) is 0.938. The molecule has 106 valence electrons. The molecule has 0 aliphatic heterocycles. The van der Waals surface area contributed by atoms with Crippen molar-refractivity contribution in [3.8, 4) is 11.8 Å². The Morgan fingerprint density at radius 1 is 1.24 bits per heavy atom. The number of carboxylic acids is 1. The molecule has 6 heteroatoms. The number of ether oxygens (including phenoxy) is 1. The predicted octanol–water partition coefficient (Wildman–Crippen LogP) is 3.11. The molecule has 1 N–H and O–H groups in total. The molecule has 0 amide bonds. The number of hydrogen-bond acceptors (Lipinski definition) is 3. The van der Waals surface area contributed by atoms with Crippen molar-refractivity contribution in [2.24, 2.45) is 0 Å². The largest absolute Gasteiger partial charge is 0.488 e. The van der Waals surface area contributed by atoms with Crippen LogP contribution in [-0.4, -0.2) is 11.1 Å². The molecule has 0 fully saturated rings. The van der Waals surface area contributed by atoms with E-state index in [9.17, 15) is 13.6 Å². The van der Waals surface area contributed by atoms with Crippen LogP contribution >= 0.6 is 0 Å². The molecule has 0 saturated carbocycles. The molecule has 0 unspecified atom stereocenters. The standard InChI is InChI=1S/C15H9F2NO3/c16-11-5-4-9(7-18)6-10(11)8-21-13-3-1-2-12(17)14(13)15(19)20/h1-6H,8H2,(H,19,20). The highest BCUT2D eigenvalue weighted by atomic mass is 19.1. The molecule has 0 aliphatic rings. The van der Waals surface area contributed by atoms with Crippen LogP contribution < -0.4 is 4.74 Å². The Balaban J connectivity index is 2.27. The average molecular weight is 289 g/mol. The lowest BCUT2D eigenvalue weighted by molar-refractivity contribution is 0.0686. The third-order valence-electron chi connectivity index (χ3n) is 2.75. The van der Waals surface area contributed by atoms with Gasteiger partial charge in [0.05, 0.1) is 11.6 Å². The van der Waals surface area contributed by atoms with Gasteiger partial charge in [-0.25, -0.2) is 13.6 Å². The highest BCUT2D eigenvalue weighted by Gasteiger charge is 2.17. The van der Waals surface area contributed by atoms with Crippen LogP contribution in [0.5, 0.6) is 5.75 Å². The lowest BCUT2D eigenvalue weighted by Crippen LogP contribution is -2.07. The topological polar surface area (TPSA) is 70.3 Å². The van der Waals surface area contributed by atoms with Crippen molar-refractivity contribution in [2.75, 3.05) is 0 Å². The number of rotatable bonds is 4. The Morgan fingerprint density at radius 2 is 2.00 bits per heavy atom. The van der Waals surface area contributed by atoms with Crippen LogP contribution in [-0.2, 0) is 6.61 Å². The van der Waals surface area contributed by atoms with E-state index in [1.54, 1.807) is 0 Å². The van der Waals surface area contributed by atoms with E-state index in [0.29, 0.717) is 0 Å². The van der Waals surface area contributed by atoms with Gasteiger partial charge in [-0.05, 0) is 30.3 Å². The molecular weight excluding hydrogens is 280 g/mol. The smallest absolute Gasteiger partial charge is 0.342 e. The van der Waals surface area contributed by atoms with Gasteiger partial charge >= 0.3 is 5.97 Å². The fourth-order valence-electron chi connectivity index (χ4n) is 1.74. The van der Waals surface area contributed by atoms with Crippen molar-refractivity contribution in [3.63, 3.8) is 0 Å². The first-order valence-electron chi connectivity index (χ1n) is 5.86. The molecule has 2 aromatic carbocycles. The predicted molar refractivity (Wildman–Crippen MR) is 68.8 cm³/mol. The van der Waals surface area contributed by atoms with Crippen LogP contribution in [0, 0.1) is 23.0 Å². The number of hydrogen-bond donors (Lipinski definition) is 1. The van der Waals surface area contributed by atoms with Gasteiger partial charge in [0.15, 0.2) is 0 Å². The van der Waals surface area contributed by atoms with Gasteiger partial charge in [0, 0.05) is 5.56 Å². The number of aromatic carboxylic acids is 1. The Kier molecular flexibility index (Phi) is 4.14. The maximum Gasteiger partial charge on any atom is 0.342 e. The van der Waals surface area contributed by atoms with E-state index < -0.39 is 23.2 Å². The first kappa shape index (κ1) is 14.5. The van der Waals surface area contributed by atoms with Crippen molar-refractivity contribution >= 4 is 5.97 Å². The van der Waals surface area contributed by atoms with E-state index in [0.717, 1.165) is 12.1 Å². The van der Waals surface area contributed by atoms with E-state index in [1.807, 2.05) is 6.07 Å². The summed E-state index contributed by atoms with van der Waals surface area (Å²) in [6.45, 7) is -0.314. The van der Waals surface area contributed by atoms with E-state index in [2.05, 4.69) is 0 Å². The van der Waals surface area contributed by atoms with Gasteiger partial charge in [-0.15, -0.1) is 0 Å². The maximum atomic E-state index is 13.6. The molecule has 2 rings (SSSR count). The van der Waals surface area contributed by atoms with E-state index in [1.165, 1.54) is 24.3 Å². The fourth-order valence-corrected chi connectivity index (χ4v) is 1.74. The number of carbonyl (C=O) groups is 1. The Bertz CT molecular complexity index is 738. The summed E-state index contributed by atoms with van der Waals surface area (Å²) < 4.78 is 32.2. The molecule has 4 nitrogen and oxygen atoms in total. The lowest BCUT2D eigenvalue weighted by Gasteiger charge is -2.10. The molecule has 2 aromatic rings. The molecule has 0 bridgehead atoms. The number of carboxylic acid groups (broad SMARTS) is 1. The molecule has 0 heterocycles. The summed E-state index contributed by atoms with van der Waals surface area (Å²) in [6, 6.07) is 9.12. The first-order valence-corrected chi connectivity index (χ1v) is 5.86. The van der Waals surface area contributed by atoms with Gasteiger partial charge in [0.25, 0.3) is 0 Å². The maximum absolute atomic E-state index is 13.6. The minimum atomic E-state index is -1.48. The zero-order valence-electron chi connectivity index (χ0n) is 10.6. The third kappa shape index (κ3) is 3.15. The second-order valence-electron chi connectivity index (χ2n) is 4.12. The summed E-state index contributed by atoms with van der Waals surface area (Å²) in [6.07, 6.45) is 0. The SMILES string of the molecule is N#Cc1ccc(F)c(COc2cccc(F)c2C(=O)O)c1. The van der Waals surface area contributed by atoms with Crippen molar-refractivity contribution in [1.82, 2.24) is 0 Å². The molecule has 0 aliphatic carbocycles. The fraction of sp³-hybridized carbons (Fsp3) is 0.0667. The molecule has 21 heavy (non-hydrogen) atoms. The van der Waals surface area contributed by atoms with Crippen LogP contribution in [0.4, 0.5) is 8.78 Å². The van der Waals surface area contributed by atoms with Crippen molar-refractivity contribution < 1.29 is 23.4 Å². The Hall–Kier alpha value is -2.94. The van der Waals surface area contributed by atoms with Crippen molar-refractivity contribution in [2.45, 2.75) is 6.61 Å².